The number of hydrogen-bond acceptors (Lipinski definition) is 1. The van der Waals surface area contributed by atoms with E-state index < -0.39 is 0 Å². The Bertz CT molecular complexity index is 376. The van der Waals surface area contributed by atoms with Crippen LogP contribution >= 0.6 is 27.5 Å². The Morgan fingerprint density at radius 3 is 2.85 bits per heavy atom. The van der Waals surface area contributed by atoms with E-state index in [2.05, 4.69) is 27.8 Å². The monoisotopic (exact) mass is 256 g/mol. The molecule has 0 radical (unpaired) electrons. The van der Waals surface area contributed by atoms with Crippen LogP contribution in [0.15, 0.2) is 18.2 Å². The zero-order valence-corrected chi connectivity index (χ0v) is 9.02. The normalized spacial score (nSPS) is 8.77. The second-order valence-electron chi connectivity index (χ2n) is 2.29. The Kier molecular flexibility index (Phi) is 4.01. The van der Waals surface area contributed by atoms with Crippen LogP contribution in [0, 0.1) is 11.8 Å². The summed E-state index contributed by atoms with van der Waals surface area (Å²) in [5, 5.41) is 1.12. The third kappa shape index (κ3) is 2.87. The van der Waals surface area contributed by atoms with Crippen LogP contribution in [0.25, 0.3) is 0 Å². The maximum Gasteiger partial charge on any atom is 0.150 e. The molecule has 0 N–H and O–H groups in total. The predicted octanol–water partition coefficient (Wildman–Crippen LogP) is 2.90. The van der Waals surface area contributed by atoms with Crippen molar-refractivity contribution < 1.29 is 4.79 Å². The van der Waals surface area contributed by atoms with Crippen molar-refractivity contribution >= 4 is 33.8 Å². The van der Waals surface area contributed by atoms with Crippen molar-refractivity contribution in [2.24, 2.45) is 0 Å². The van der Waals surface area contributed by atoms with Crippen molar-refractivity contribution in [1.82, 2.24) is 0 Å². The van der Waals surface area contributed by atoms with Gasteiger partial charge in [-0.2, -0.15) is 0 Å². The van der Waals surface area contributed by atoms with Crippen LogP contribution in [0.2, 0.25) is 5.02 Å². The molecule has 0 fully saturated rings. The van der Waals surface area contributed by atoms with Gasteiger partial charge in [0, 0.05) is 11.1 Å². The third-order valence-electron chi connectivity index (χ3n) is 1.42. The Labute approximate surface area is 90.2 Å². The lowest BCUT2D eigenvalue weighted by molar-refractivity contribution is 0.112. The molecule has 0 atom stereocenters. The standard InChI is InChI=1S/C10H6BrClO/c11-5-1-2-9-4-3-8(7-13)6-10(9)12/h3-4,6-7H,5H2. The molecule has 0 heterocycles. The number of benzene rings is 1. The fourth-order valence-electron chi connectivity index (χ4n) is 0.835. The molecular weight excluding hydrogens is 251 g/mol. The highest BCUT2D eigenvalue weighted by Crippen LogP contribution is 2.15. The molecule has 1 aromatic rings. The van der Waals surface area contributed by atoms with Gasteiger partial charge < -0.3 is 0 Å². The largest absolute Gasteiger partial charge is 0.298 e. The van der Waals surface area contributed by atoms with E-state index in [-0.39, 0.29) is 0 Å². The first-order valence-electron chi connectivity index (χ1n) is 3.57. The molecule has 0 aliphatic heterocycles. The van der Waals surface area contributed by atoms with Crippen LogP contribution in [-0.2, 0) is 0 Å². The third-order valence-corrected chi connectivity index (χ3v) is 2.01. The van der Waals surface area contributed by atoms with Gasteiger partial charge in [-0.05, 0) is 12.1 Å². The van der Waals surface area contributed by atoms with Gasteiger partial charge in [-0.3, -0.25) is 4.79 Å². The number of carbonyl (C=O) groups is 1. The van der Waals surface area contributed by atoms with Gasteiger partial charge in [0.05, 0.1) is 10.4 Å². The predicted molar refractivity (Wildman–Crippen MR) is 57.5 cm³/mol. The molecule has 1 rings (SSSR count). The number of alkyl halides is 1. The average molecular weight is 258 g/mol. The summed E-state index contributed by atoms with van der Waals surface area (Å²) in [6.45, 7) is 0. The van der Waals surface area contributed by atoms with Crippen molar-refractivity contribution in [2.75, 3.05) is 5.33 Å². The minimum Gasteiger partial charge on any atom is -0.298 e. The first-order chi connectivity index (χ1) is 6.27. The van der Waals surface area contributed by atoms with E-state index >= 15 is 0 Å². The van der Waals surface area contributed by atoms with Gasteiger partial charge in [0.2, 0.25) is 0 Å². The number of hydrogen-bond donors (Lipinski definition) is 0. The van der Waals surface area contributed by atoms with Crippen molar-refractivity contribution in [1.29, 1.82) is 0 Å². The Hall–Kier alpha value is -0.780. The van der Waals surface area contributed by atoms with Gasteiger partial charge in [-0.1, -0.05) is 45.4 Å². The minimum absolute atomic E-state index is 0.512. The topological polar surface area (TPSA) is 17.1 Å². The van der Waals surface area contributed by atoms with Crippen LogP contribution < -0.4 is 0 Å². The lowest BCUT2D eigenvalue weighted by atomic mass is 10.1. The first kappa shape index (κ1) is 10.3. The van der Waals surface area contributed by atoms with E-state index in [9.17, 15) is 4.79 Å². The van der Waals surface area contributed by atoms with Crippen molar-refractivity contribution in [2.45, 2.75) is 0 Å². The zero-order valence-electron chi connectivity index (χ0n) is 6.68. The van der Waals surface area contributed by atoms with Gasteiger partial charge >= 0.3 is 0 Å². The average Bonchev–Trinajstić information content (AvgIpc) is 2.16. The molecule has 0 amide bonds. The summed E-state index contributed by atoms with van der Waals surface area (Å²) >= 11 is 9.05. The van der Waals surface area contributed by atoms with Gasteiger partial charge in [-0.25, -0.2) is 0 Å². The molecule has 0 aromatic heterocycles. The summed E-state index contributed by atoms with van der Waals surface area (Å²) < 4.78 is 0. The van der Waals surface area contributed by atoms with E-state index in [1.54, 1.807) is 18.2 Å². The quantitative estimate of drug-likeness (QED) is 0.429. The summed E-state index contributed by atoms with van der Waals surface area (Å²) in [6.07, 6.45) is 0.758. The van der Waals surface area contributed by atoms with Crippen LogP contribution in [0.1, 0.15) is 15.9 Å². The maximum atomic E-state index is 10.4. The molecule has 0 unspecified atom stereocenters. The summed E-state index contributed by atoms with van der Waals surface area (Å²) in [4.78, 5) is 10.4. The van der Waals surface area contributed by atoms with Gasteiger partial charge in [0.1, 0.15) is 6.29 Å². The molecule has 0 saturated heterocycles. The van der Waals surface area contributed by atoms with Crippen molar-refractivity contribution in [3.8, 4) is 11.8 Å². The van der Waals surface area contributed by atoms with Gasteiger partial charge in [0.15, 0.2) is 0 Å². The number of aldehydes is 1. The molecule has 0 spiro atoms. The number of rotatable bonds is 1. The second-order valence-corrected chi connectivity index (χ2v) is 3.26. The lowest BCUT2D eigenvalue weighted by Gasteiger charge is -1.95. The van der Waals surface area contributed by atoms with Crippen molar-refractivity contribution in [3.63, 3.8) is 0 Å². The van der Waals surface area contributed by atoms with E-state index in [0.29, 0.717) is 15.9 Å². The SMILES string of the molecule is O=Cc1ccc(C#CCBr)c(Cl)c1. The highest BCUT2D eigenvalue weighted by Gasteiger charge is 1.97. The van der Waals surface area contributed by atoms with Crippen LogP contribution in [0.4, 0.5) is 0 Å². The molecular formula is C10H6BrClO. The summed E-state index contributed by atoms with van der Waals surface area (Å²) in [6, 6.07) is 5.03. The smallest absolute Gasteiger partial charge is 0.150 e. The highest BCUT2D eigenvalue weighted by molar-refractivity contribution is 9.09. The van der Waals surface area contributed by atoms with E-state index in [1.165, 1.54) is 0 Å². The molecule has 1 aromatic carbocycles. The number of halogens is 2. The molecule has 13 heavy (non-hydrogen) atoms. The maximum absolute atomic E-state index is 10.4. The first-order valence-corrected chi connectivity index (χ1v) is 5.07. The molecule has 0 saturated carbocycles. The molecule has 0 aliphatic rings. The summed E-state index contributed by atoms with van der Waals surface area (Å²) in [5.41, 5.74) is 1.31. The molecule has 0 aliphatic carbocycles. The Balaban J connectivity index is 3.05. The summed E-state index contributed by atoms with van der Waals surface area (Å²) in [5.74, 6) is 5.71. The van der Waals surface area contributed by atoms with Crippen LogP contribution in [-0.4, -0.2) is 11.6 Å². The van der Waals surface area contributed by atoms with Crippen molar-refractivity contribution in [3.05, 3.63) is 34.3 Å². The lowest BCUT2D eigenvalue weighted by Crippen LogP contribution is -1.82. The molecule has 66 valence electrons. The molecule has 3 heteroatoms. The van der Waals surface area contributed by atoms with E-state index in [4.69, 9.17) is 11.6 Å². The minimum atomic E-state index is 0.512. The van der Waals surface area contributed by atoms with Crippen LogP contribution in [0.5, 0.6) is 0 Å². The summed E-state index contributed by atoms with van der Waals surface area (Å²) in [7, 11) is 0. The Morgan fingerprint density at radius 2 is 2.31 bits per heavy atom. The fraction of sp³-hybridized carbons (Fsp3) is 0.100. The highest BCUT2D eigenvalue weighted by atomic mass is 79.9. The second kappa shape index (κ2) is 5.06. The molecule has 0 bridgehead atoms. The van der Waals surface area contributed by atoms with E-state index in [1.807, 2.05) is 0 Å². The molecule has 1 nitrogen and oxygen atoms in total. The Morgan fingerprint density at radius 1 is 1.54 bits per heavy atom. The van der Waals surface area contributed by atoms with Gasteiger partial charge in [0.25, 0.3) is 0 Å². The van der Waals surface area contributed by atoms with Gasteiger partial charge in [-0.15, -0.1) is 0 Å². The van der Waals surface area contributed by atoms with E-state index in [0.717, 1.165) is 11.8 Å². The number of carbonyl (C=O) groups excluding carboxylic acids is 1. The zero-order chi connectivity index (χ0) is 9.68. The van der Waals surface area contributed by atoms with Crippen LogP contribution in [0.3, 0.4) is 0 Å². The fourth-order valence-corrected chi connectivity index (χ4v) is 1.21.